The van der Waals surface area contributed by atoms with Crippen molar-refractivity contribution in [3.63, 3.8) is 0 Å². The highest BCUT2D eigenvalue weighted by Crippen LogP contribution is 2.26. The summed E-state index contributed by atoms with van der Waals surface area (Å²) < 4.78 is 1.61. The zero-order valence-corrected chi connectivity index (χ0v) is 14.1. The van der Waals surface area contributed by atoms with E-state index in [0.29, 0.717) is 5.16 Å². The van der Waals surface area contributed by atoms with Crippen molar-refractivity contribution in [2.24, 2.45) is 0 Å². The van der Waals surface area contributed by atoms with E-state index in [4.69, 9.17) is 0 Å². The van der Waals surface area contributed by atoms with Crippen LogP contribution in [0.5, 0.6) is 0 Å². The molecule has 2 aromatic rings. The first-order valence-electron chi connectivity index (χ1n) is 6.98. The molecular weight excluding hydrogens is 316 g/mol. The lowest BCUT2D eigenvalue weighted by Gasteiger charge is -2.13. The van der Waals surface area contributed by atoms with E-state index in [1.54, 1.807) is 11.6 Å². The largest absolute Gasteiger partial charge is 0.341 e. The van der Waals surface area contributed by atoms with Gasteiger partial charge in [-0.25, -0.2) is 4.79 Å². The molecule has 1 aromatic carbocycles. The maximum absolute atomic E-state index is 11.9. The lowest BCUT2D eigenvalue weighted by atomic mass is 10.1. The number of nitrogens with zero attached hydrogens (tertiary/aromatic N) is 4. The van der Waals surface area contributed by atoms with Crippen molar-refractivity contribution in [2.45, 2.75) is 31.2 Å². The molecule has 0 aliphatic heterocycles. The molecule has 2 N–H and O–H groups in total. The fourth-order valence-electron chi connectivity index (χ4n) is 2.02. The Hall–Kier alpha value is -2.42. The lowest BCUT2D eigenvalue weighted by molar-refractivity contribution is -0.119. The number of carbonyl (C=O) groups excluding carboxylic acids is 2. The summed E-state index contributed by atoms with van der Waals surface area (Å²) >= 11 is 1.18. The SMILES string of the molecule is CNC(=O)NC(=O)[C@@H](C)Sc1nnnn1-c1c(C)cccc1C. The Balaban J connectivity index is 2.22. The number of urea groups is 1. The predicted octanol–water partition coefficient (Wildman–Crippen LogP) is 1.22. The molecule has 0 fully saturated rings. The number of amides is 3. The first kappa shape index (κ1) is 16.9. The number of nitrogens with one attached hydrogen (secondary N) is 2. The number of tetrazole rings is 1. The number of imide groups is 1. The molecule has 0 bridgehead atoms. The molecule has 0 unspecified atom stereocenters. The number of aryl methyl sites for hydroxylation is 2. The van der Waals surface area contributed by atoms with E-state index >= 15 is 0 Å². The topological polar surface area (TPSA) is 102 Å². The van der Waals surface area contributed by atoms with E-state index in [2.05, 4.69) is 26.2 Å². The van der Waals surface area contributed by atoms with Crippen molar-refractivity contribution in [2.75, 3.05) is 7.05 Å². The van der Waals surface area contributed by atoms with E-state index in [0.717, 1.165) is 16.8 Å². The highest BCUT2D eigenvalue weighted by molar-refractivity contribution is 8.00. The number of rotatable bonds is 4. The number of benzene rings is 1. The van der Waals surface area contributed by atoms with Crippen LogP contribution in [0.3, 0.4) is 0 Å². The minimum absolute atomic E-state index is 0.412. The molecule has 0 spiro atoms. The molecule has 8 nitrogen and oxygen atoms in total. The fraction of sp³-hybridized carbons (Fsp3) is 0.357. The van der Waals surface area contributed by atoms with Gasteiger partial charge in [0.05, 0.1) is 10.9 Å². The van der Waals surface area contributed by atoms with Gasteiger partial charge in [-0.2, -0.15) is 4.68 Å². The number of hydrogen-bond donors (Lipinski definition) is 2. The Morgan fingerprint density at radius 2 is 1.91 bits per heavy atom. The molecule has 0 saturated carbocycles. The summed E-state index contributed by atoms with van der Waals surface area (Å²) in [5.74, 6) is -0.412. The van der Waals surface area contributed by atoms with E-state index in [9.17, 15) is 9.59 Å². The molecule has 9 heteroatoms. The van der Waals surface area contributed by atoms with Gasteiger partial charge in [-0.05, 0) is 42.3 Å². The van der Waals surface area contributed by atoms with Crippen LogP contribution >= 0.6 is 11.8 Å². The molecule has 1 atom stereocenters. The summed E-state index contributed by atoms with van der Waals surface area (Å²) in [5.41, 5.74) is 2.95. The molecule has 0 radical (unpaired) electrons. The van der Waals surface area contributed by atoms with Gasteiger partial charge in [0.15, 0.2) is 0 Å². The van der Waals surface area contributed by atoms with Crippen molar-refractivity contribution in [1.29, 1.82) is 0 Å². The molecule has 0 saturated heterocycles. The maximum Gasteiger partial charge on any atom is 0.321 e. The third kappa shape index (κ3) is 3.86. The van der Waals surface area contributed by atoms with Crippen molar-refractivity contribution in [3.05, 3.63) is 29.3 Å². The van der Waals surface area contributed by atoms with Crippen molar-refractivity contribution < 1.29 is 9.59 Å². The molecule has 1 aromatic heterocycles. The molecule has 23 heavy (non-hydrogen) atoms. The van der Waals surface area contributed by atoms with E-state index in [-0.39, 0.29) is 0 Å². The number of aromatic nitrogens is 4. The second kappa shape index (κ2) is 7.23. The Morgan fingerprint density at radius 3 is 2.52 bits per heavy atom. The molecule has 122 valence electrons. The molecule has 1 heterocycles. The lowest BCUT2D eigenvalue weighted by Crippen LogP contribution is -2.41. The number of hydrogen-bond acceptors (Lipinski definition) is 6. The summed E-state index contributed by atoms with van der Waals surface area (Å²) in [5, 5.41) is 16.2. The van der Waals surface area contributed by atoms with Gasteiger partial charge < -0.3 is 5.32 Å². The first-order chi connectivity index (χ1) is 10.9. The van der Waals surface area contributed by atoms with Gasteiger partial charge in [0.1, 0.15) is 0 Å². The summed E-state index contributed by atoms with van der Waals surface area (Å²) in [4.78, 5) is 23.2. The van der Waals surface area contributed by atoms with Gasteiger partial charge in [-0.15, -0.1) is 5.10 Å². The summed E-state index contributed by atoms with van der Waals surface area (Å²) in [6.45, 7) is 5.63. The highest BCUT2D eigenvalue weighted by atomic mass is 32.2. The molecular formula is C14H18N6O2S. The van der Waals surface area contributed by atoms with Gasteiger partial charge in [0.25, 0.3) is 0 Å². The van der Waals surface area contributed by atoms with Gasteiger partial charge in [-0.3, -0.25) is 10.1 Å². The molecule has 0 aliphatic rings. The second-order valence-corrected chi connectivity index (χ2v) is 6.25. The van der Waals surface area contributed by atoms with Crippen LogP contribution in [0.1, 0.15) is 18.1 Å². The zero-order chi connectivity index (χ0) is 17.0. The molecule has 3 amide bonds. The van der Waals surface area contributed by atoms with Crippen LogP contribution in [0, 0.1) is 13.8 Å². The minimum Gasteiger partial charge on any atom is -0.341 e. The zero-order valence-electron chi connectivity index (χ0n) is 13.3. The van der Waals surface area contributed by atoms with Gasteiger partial charge >= 0.3 is 6.03 Å². The van der Waals surface area contributed by atoms with E-state index in [1.165, 1.54) is 18.8 Å². The number of thioether (sulfide) groups is 1. The van der Waals surface area contributed by atoms with Crippen LogP contribution < -0.4 is 10.6 Å². The van der Waals surface area contributed by atoms with E-state index < -0.39 is 17.2 Å². The smallest absolute Gasteiger partial charge is 0.321 e. The Labute approximate surface area is 138 Å². The van der Waals surface area contributed by atoms with Crippen molar-refractivity contribution in [1.82, 2.24) is 30.8 Å². The fourth-order valence-corrected chi connectivity index (χ4v) is 2.81. The summed E-state index contributed by atoms with van der Waals surface area (Å²) in [6.07, 6.45) is 0. The normalized spacial score (nSPS) is 11.8. The summed E-state index contributed by atoms with van der Waals surface area (Å²) in [7, 11) is 1.45. The first-order valence-corrected chi connectivity index (χ1v) is 7.86. The van der Waals surface area contributed by atoms with Crippen molar-refractivity contribution >= 4 is 23.7 Å². The average molecular weight is 334 g/mol. The van der Waals surface area contributed by atoms with Crippen LogP contribution in [0.25, 0.3) is 5.69 Å². The molecule has 0 aliphatic carbocycles. The van der Waals surface area contributed by atoms with Gasteiger partial charge in [0.2, 0.25) is 11.1 Å². The minimum atomic E-state index is -0.545. The second-order valence-electron chi connectivity index (χ2n) is 4.94. The Kier molecular flexibility index (Phi) is 5.32. The average Bonchev–Trinajstić information content (AvgIpc) is 2.94. The van der Waals surface area contributed by atoms with Gasteiger partial charge in [-0.1, -0.05) is 30.0 Å². The van der Waals surface area contributed by atoms with Crippen LogP contribution in [0.4, 0.5) is 4.79 Å². The maximum atomic E-state index is 11.9. The number of para-hydroxylation sites is 1. The Morgan fingerprint density at radius 1 is 1.26 bits per heavy atom. The van der Waals surface area contributed by atoms with Crippen LogP contribution in [-0.2, 0) is 4.79 Å². The Bertz CT molecular complexity index is 710. The quantitative estimate of drug-likeness (QED) is 0.815. The van der Waals surface area contributed by atoms with E-state index in [1.807, 2.05) is 32.0 Å². The highest BCUT2D eigenvalue weighted by Gasteiger charge is 2.21. The third-order valence-electron chi connectivity index (χ3n) is 3.21. The van der Waals surface area contributed by atoms with Gasteiger partial charge in [0, 0.05) is 7.05 Å². The van der Waals surface area contributed by atoms with Crippen LogP contribution in [0.2, 0.25) is 0 Å². The van der Waals surface area contributed by atoms with Crippen LogP contribution in [-0.4, -0.2) is 44.4 Å². The third-order valence-corrected chi connectivity index (χ3v) is 4.24. The molecule has 2 rings (SSSR count). The standard InChI is InChI=1S/C14H18N6O2S/c1-8-6-5-7-9(2)11(8)20-14(17-18-19-20)23-10(3)12(21)16-13(22)15-4/h5-7,10H,1-4H3,(H2,15,16,21,22)/t10-/m1/s1. The summed E-state index contributed by atoms with van der Waals surface area (Å²) in [6, 6.07) is 5.36. The monoisotopic (exact) mass is 334 g/mol. The predicted molar refractivity (Wildman–Crippen MR) is 86.5 cm³/mol. The number of carbonyl (C=O) groups is 2. The van der Waals surface area contributed by atoms with Crippen LogP contribution in [0.15, 0.2) is 23.4 Å². The van der Waals surface area contributed by atoms with Crippen molar-refractivity contribution in [3.8, 4) is 5.69 Å².